The van der Waals surface area contributed by atoms with Gasteiger partial charge in [-0.3, -0.25) is 4.79 Å². The summed E-state index contributed by atoms with van der Waals surface area (Å²) in [4.78, 5) is 10.5. The molecule has 0 radical (unpaired) electrons. The molecule has 0 spiro atoms. The number of carbonyl (C=O) groups excluding carboxylic acids is 1. The van der Waals surface area contributed by atoms with Crippen molar-refractivity contribution < 1.29 is 9.90 Å². The van der Waals surface area contributed by atoms with Crippen LogP contribution < -0.4 is 5.32 Å². The van der Waals surface area contributed by atoms with E-state index in [1.807, 2.05) is 6.92 Å². The zero-order valence-corrected chi connectivity index (χ0v) is 5.42. The van der Waals surface area contributed by atoms with Gasteiger partial charge in [-0.1, -0.05) is 6.92 Å². The van der Waals surface area contributed by atoms with Crippen molar-refractivity contribution in [3.05, 3.63) is 0 Å². The lowest BCUT2D eigenvalue weighted by Crippen LogP contribution is -2.56. The first-order valence-corrected chi connectivity index (χ1v) is 3.17. The fourth-order valence-corrected chi connectivity index (χ4v) is 0.987. The van der Waals surface area contributed by atoms with E-state index in [1.54, 1.807) is 0 Å². The number of β-lactam (4-membered cyclic amide) rings is 1. The third kappa shape index (κ3) is 1.05. The molecular formula is C6H11NO2. The highest BCUT2D eigenvalue weighted by Gasteiger charge is 2.33. The van der Waals surface area contributed by atoms with Crippen LogP contribution in [-0.4, -0.2) is 23.7 Å². The van der Waals surface area contributed by atoms with Crippen LogP contribution in [0.4, 0.5) is 0 Å². The van der Waals surface area contributed by atoms with Crippen LogP contribution >= 0.6 is 0 Å². The van der Waals surface area contributed by atoms with Crippen LogP contribution in [0, 0.1) is 5.92 Å². The van der Waals surface area contributed by atoms with E-state index in [0.29, 0.717) is 6.42 Å². The maximum atomic E-state index is 10.5. The topological polar surface area (TPSA) is 49.3 Å². The Morgan fingerprint density at radius 3 is 2.78 bits per heavy atom. The first-order chi connectivity index (χ1) is 4.25. The summed E-state index contributed by atoms with van der Waals surface area (Å²) >= 11 is 0. The van der Waals surface area contributed by atoms with E-state index >= 15 is 0 Å². The molecule has 52 valence electrons. The van der Waals surface area contributed by atoms with Crippen LogP contribution in [0.2, 0.25) is 0 Å². The van der Waals surface area contributed by atoms with Gasteiger partial charge in [0.1, 0.15) is 0 Å². The predicted octanol–water partition coefficient (Wildman–Crippen LogP) is -0.497. The summed E-state index contributed by atoms with van der Waals surface area (Å²) in [6.07, 6.45) is 0.687. The lowest BCUT2D eigenvalue weighted by Gasteiger charge is -2.33. The summed E-state index contributed by atoms with van der Waals surface area (Å²) in [5.41, 5.74) is 0. The van der Waals surface area contributed by atoms with Crippen molar-refractivity contribution in [2.75, 3.05) is 6.61 Å². The molecule has 0 aromatic rings. The number of carbonyl (C=O) groups is 1. The quantitative estimate of drug-likeness (QED) is 0.494. The number of amides is 1. The minimum absolute atomic E-state index is 0.105. The van der Waals surface area contributed by atoms with Gasteiger partial charge in [-0.15, -0.1) is 0 Å². The SMILES string of the molecule is C[C@@H]1C(=O)N[C@@H]1CCO. The Balaban J connectivity index is 2.25. The van der Waals surface area contributed by atoms with Gasteiger partial charge in [-0.05, 0) is 6.42 Å². The molecule has 3 nitrogen and oxygen atoms in total. The fourth-order valence-electron chi connectivity index (χ4n) is 0.987. The van der Waals surface area contributed by atoms with Crippen LogP contribution in [0.1, 0.15) is 13.3 Å². The number of hydrogen-bond donors (Lipinski definition) is 2. The average molecular weight is 129 g/mol. The molecule has 1 aliphatic heterocycles. The zero-order chi connectivity index (χ0) is 6.85. The average Bonchev–Trinajstić information content (AvgIpc) is 1.88. The van der Waals surface area contributed by atoms with Gasteiger partial charge in [0.25, 0.3) is 0 Å². The largest absolute Gasteiger partial charge is 0.396 e. The Morgan fingerprint density at radius 2 is 2.44 bits per heavy atom. The van der Waals surface area contributed by atoms with Gasteiger partial charge in [0.05, 0.1) is 5.92 Å². The smallest absolute Gasteiger partial charge is 0.225 e. The maximum Gasteiger partial charge on any atom is 0.225 e. The zero-order valence-electron chi connectivity index (χ0n) is 5.42. The van der Waals surface area contributed by atoms with E-state index in [1.165, 1.54) is 0 Å². The van der Waals surface area contributed by atoms with Crippen molar-refractivity contribution in [3.8, 4) is 0 Å². The standard InChI is InChI=1S/C6H11NO2/c1-4-5(2-3-8)7-6(4)9/h4-5,8H,2-3H2,1H3,(H,7,9)/t4-,5+/m0/s1. The number of aliphatic hydroxyl groups excluding tert-OH is 1. The van der Waals surface area contributed by atoms with Crippen molar-refractivity contribution in [2.45, 2.75) is 19.4 Å². The summed E-state index contributed by atoms with van der Waals surface area (Å²) < 4.78 is 0. The Kier molecular flexibility index (Phi) is 1.71. The van der Waals surface area contributed by atoms with Gasteiger partial charge in [-0.25, -0.2) is 0 Å². The van der Waals surface area contributed by atoms with Crippen LogP contribution in [0.15, 0.2) is 0 Å². The molecule has 9 heavy (non-hydrogen) atoms. The Hall–Kier alpha value is -0.570. The third-order valence-electron chi connectivity index (χ3n) is 1.78. The molecular weight excluding hydrogens is 118 g/mol. The normalized spacial score (nSPS) is 33.3. The molecule has 3 heteroatoms. The monoisotopic (exact) mass is 129 g/mol. The molecule has 0 bridgehead atoms. The minimum Gasteiger partial charge on any atom is -0.396 e. The van der Waals surface area contributed by atoms with E-state index in [0.717, 1.165) is 0 Å². The summed E-state index contributed by atoms with van der Waals surface area (Å²) in [6.45, 7) is 2.04. The molecule has 1 aliphatic rings. The van der Waals surface area contributed by atoms with E-state index in [9.17, 15) is 4.79 Å². The molecule has 1 rings (SSSR count). The Bertz CT molecular complexity index is 124. The van der Waals surface area contributed by atoms with Gasteiger partial charge >= 0.3 is 0 Å². The molecule has 2 N–H and O–H groups in total. The first-order valence-electron chi connectivity index (χ1n) is 3.17. The summed E-state index contributed by atoms with van der Waals surface area (Å²) in [7, 11) is 0. The highest BCUT2D eigenvalue weighted by molar-refractivity contribution is 5.85. The van der Waals surface area contributed by atoms with Gasteiger partial charge in [0.2, 0.25) is 5.91 Å². The van der Waals surface area contributed by atoms with Gasteiger partial charge in [-0.2, -0.15) is 0 Å². The molecule has 0 unspecified atom stereocenters. The second-order valence-corrected chi connectivity index (χ2v) is 2.42. The first kappa shape index (κ1) is 6.55. The van der Waals surface area contributed by atoms with Crippen molar-refractivity contribution in [2.24, 2.45) is 5.92 Å². The molecule has 0 saturated carbocycles. The third-order valence-corrected chi connectivity index (χ3v) is 1.78. The van der Waals surface area contributed by atoms with Gasteiger partial charge in [0.15, 0.2) is 0 Å². The van der Waals surface area contributed by atoms with E-state index in [2.05, 4.69) is 5.32 Å². The van der Waals surface area contributed by atoms with Crippen molar-refractivity contribution in [1.82, 2.24) is 5.32 Å². The highest BCUT2D eigenvalue weighted by Crippen LogP contribution is 2.15. The fraction of sp³-hybridized carbons (Fsp3) is 0.833. The number of nitrogens with one attached hydrogen (secondary N) is 1. The van der Waals surface area contributed by atoms with E-state index in [4.69, 9.17) is 5.11 Å². The van der Waals surface area contributed by atoms with Crippen molar-refractivity contribution in [1.29, 1.82) is 0 Å². The van der Waals surface area contributed by atoms with Crippen molar-refractivity contribution in [3.63, 3.8) is 0 Å². The van der Waals surface area contributed by atoms with Crippen molar-refractivity contribution >= 4 is 5.91 Å². The highest BCUT2D eigenvalue weighted by atomic mass is 16.3. The number of rotatable bonds is 2. The number of aliphatic hydroxyl groups is 1. The second kappa shape index (κ2) is 2.35. The minimum atomic E-state index is 0.105. The van der Waals surface area contributed by atoms with Crippen LogP contribution in [0.25, 0.3) is 0 Å². The second-order valence-electron chi connectivity index (χ2n) is 2.42. The molecule has 1 saturated heterocycles. The Morgan fingerprint density at radius 1 is 1.78 bits per heavy atom. The summed E-state index contributed by atoms with van der Waals surface area (Å²) in [6, 6.07) is 0.225. The molecule has 0 aliphatic carbocycles. The summed E-state index contributed by atoms with van der Waals surface area (Å²) in [5, 5.41) is 11.1. The van der Waals surface area contributed by atoms with E-state index < -0.39 is 0 Å². The summed E-state index contributed by atoms with van der Waals surface area (Å²) in [5.74, 6) is 0.214. The lowest BCUT2D eigenvalue weighted by atomic mass is 9.90. The van der Waals surface area contributed by atoms with Crippen LogP contribution in [-0.2, 0) is 4.79 Å². The predicted molar refractivity (Wildman–Crippen MR) is 32.8 cm³/mol. The maximum absolute atomic E-state index is 10.5. The van der Waals surface area contributed by atoms with Crippen LogP contribution in [0.5, 0.6) is 0 Å². The lowest BCUT2D eigenvalue weighted by molar-refractivity contribution is -0.134. The van der Waals surface area contributed by atoms with Gasteiger partial charge in [0, 0.05) is 12.6 Å². The molecule has 0 aromatic carbocycles. The van der Waals surface area contributed by atoms with Gasteiger partial charge < -0.3 is 10.4 Å². The Labute approximate surface area is 54.1 Å². The van der Waals surface area contributed by atoms with Crippen LogP contribution in [0.3, 0.4) is 0 Å². The number of hydrogen-bond acceptors (Lipinski definition) is 2. The molecule has 1 fully saturated rings. The molecule has 2 atom stereocenters. The van der Waals surface area contributed by atoms with E-state index in [-0.39, 0.29) is 24.5 Å². The molecule has 0 aromatic heterocycles. The molecule has 1 amide bonds. The molecule has 1 heterocycles.